The van der Waals surface area contributed by atoms with E-state index in [2.05, 4.69) is 5.32 Å². The van der Waals surface area contributed by atoms with Gasteiger partial charge in [0.15, 0.2) is 0 Å². The number of nitrogens with one attached hydrogen (secondary N) is 1. The fourth-order valence-electron chi connectivity index (χ4n) is 3.56. The normalized spacial score (nSPS) is 12.3. The molecule has 0 radical (unpaired) electrons. The standard InChI is InChI=1S/C26H36ClN3O4S/c1-19(2)17-28-26(32)21(4)29(18-22-9-6-7-10-24(22)27)25(31)11-8-16-30(35(5,33)34)23-14-12-20(3)13-15-23/h6-7,9-10,12-15,19,21H,8,11,16-18H2,1-5H3,(H,28,32)/t21-/m1/s1. The number of aryl methyl sites for hydroxylation is 1. The molecule has 0 aliphatic carbocycles. The topological polar surface area (TPSA) is 86.8 Å². The highest BCUT2D eigenvalue weighted by Gasteiger charge is 2.27. The summed E-state index contributed by atoms with van der Waals surface area (Å²) in [7, 11) is -3.52. The van der Waals surface area contributed by atoms with Gasteiger partial charge in [-0.1, -0.05) is 61.3 Å². The number of anilines is 1. The Kier molecular flexibility index (Phi) is 10.6. The van der Waals surface area contributed by atoms with Gasteiger partial charge in [0.05, 0.1) is 11.9 Å². The molecule has 2 aromatic rings. The molecule has 2 amide bonds. The van der Waals surface area contributed by atoms with Crippen molar-refractivity contribution in [3.8, 4) is 0 Å². The minimum absolute atomic E-state index is 0.0874. The molecule has 1 atom stereocenters. The molecule has 0 saturated carbocycles. The average Bonchev–Trinajstić information content (AvgIpc) is 2.79. The van der Waals surface area contributed by atoms with Crippen LogP contribution in [0.5, 0.6) is 0 Å². The molecule has 0 aliphatic rings. The van der Waals surface area contributed by atoms with Crippen molar-refractivity contribution in [1.29, 1.82) is 0 Å². The molecule has 0 bridgehead atoms. The van der Waals surface area contributed by atoms with Crippen molar-refractivity contribution in [3.05, 3.63) is 64.7 Å². The fraction of sp³-hybridized carbons (Fsp3) is 0.462. The number of hydrogen-bond acceptors (Lipinski definition) is 4. The Bertz CT molecular complexity index is 1100. The average molecular weight is 522 g/mol. The zero-order valence-electron chi connectivity index (χ0n) is 21.1. The number of sulfonamides is 1. The van der Waals surface area contributed by atoms with Gasteiger partial charge in [0.2, 0.25) is 21.8 Å². The lowest BCUT2D eigenvalue weighted by molar-refractivity contribution is -0.140. The third-order valence-electron chi connectivity index (χ3n) is 5.62. The Balaban J connectivity index is 2.16. The molecule has 7 nitrogen and oxygen atoms in total. The molecule has 0 fully saturated rings. The molecule has 2 rings (SSSR count). The van der Waals surface area contributed by atoms with Crippen molar-refractivity contribution in [2.24, 2.45) is 5.92 Å². The molecule has 2 aromatic carbocycles. The number of amides is 2. The van der Waals surface area contributed by atoms with Crippen LogP contribution >= 0.6 is 11.6 Å². The maximum atomic E-state index is 13.3. The third kappa shape index (κ3) is 8.85. The van der Waals surface area contributed by atoms with E-state index in [1.165, 1.54) is 9.21 Å². The Morgan fingerprint density at radius 1 is 1.03 bits per heavy atom. The predicted molar refractivity (Wildman–Crippen MR) is 142 cm³/mol. The highest BCUT2D eigenvalue weighted by Crippen LogP contribution is 2.21. The van der Waals surface area contributed by atoms with Gasteiger partial charge >= 0.3 is 0 Å². The molecule has 0 unspecified atom stereocenters. The Morgan fingerprint density at radius 2 is 1.66 bits per heavy atom. The summed E-state index contributed by atoms with van der Waals surface area (Å²) in [6.07, 6.45) is 1.54. The Hall–Kier alpha value is -2.58. The van der Waals surface area contributed by atoms with Gasteiger partial charge in [-0.3, -0.25) is 13.9 Å². The van der Waals surface area contributed by atoms with E-state index in [0.29, 0.717) is 23.7 Å². The second-order valence-electron chi connectivity index (χ2n) is 9.20. The summed E-state index contributed by atoms with van der Waals surface area (Å²) in [6, 6.07) is 13.7. The van der Waals surface area contributed by atoms with E-state index in [4.69, 9.17) is 11.6 Å². The van der Waals surface area contributed by atoms with Crippen molar-refractivity contribution >= 4 is 39.1 Å². The van der Waals surface area contributed by atoms with Crippen molar-refractivity contribution < 1.29 is 18.0 Å². The molecule has 0 aromatic heterocycles. The highest BCUT2D eigenvalue weighted by molar-refractivity contribution is 7.92. The van der Waals surface area contributed by atoms with Crippen LogP contribution in [-0.4, -0.2) is 50.5 Å². The summed E-state index contributed by atoms with van der Waals surface area (Å²) in [6.45, 7) is 8.47. The summed E-state index contributed by atoms with van der Waals surface area (Å²) in [5.41, 5.74) is 2.32. The van der Waals surface area contributed by atoms with Crippen LogP contribution in [0.3, 0.4) is 0 Å². The van der Waals surface area contributed by atoms with Gasteiger partial charge in [-0.2, -0.15) is 0 Å². The zero-order valence-corrected chi connectivity index (χ0v) is 22.7. The summed E-state index contributed by atoms with van der Waals surface area (Å²) < 4.78 is 26.1. The van der Waals surface area contributed by atoms with Gasteiger partial charge in [0, 0.05) is 31.1 Å². The van der Waals surface area contributed by atoms with Crippen molar-refractivity contribution in [2.75, 3.05) is 23.7 Å². The van der Waals surface area contributed by atoms with Gasteiger partial charge < -0.3 is 10.2 Å². The minimum atomic E-state index is -3.52. The van der Waals surface area contributed by atoms with Crippen molar-refractivity contribution in [2.45, 2.75) is 53.1 Å². The number of nitrogens with zero attached hydrogens (tertiary/aromatic N) is 2. The minimum Gasteiger partial charge on any atom is -0.354 e. The molecule has 0 aliphatic heterocycles. The molecule has 1 N–H and O–H groups in total. The smallest absolute Gasteiger partial charge is 0.242 e. The number of carbonyl (C=O) groups excluding carboxylic acids is 2. The second kappa shape index (κ2) is 12.9. The van der Waals surface area contributed by atoms with Crippen molar-refractivity contribution in [3.63, 3.8) is 0 Å². The second-order valence-corrected chi connectivity index (χ2v) is 11.5. The Morgan fingerprint density at radius 3 is 2.23 bits per heavy atom. The van der Waals surface area contributed by atoms with Crippen LogP contribution < -0.4 is 9.62 Å². The van der Waals surface area contributed by atoms with Crippen LogP contribution in [0.4, 0.5) is 5.69 Å². The van der Waals surface area contributed by atoms with Gasteiger partial charge in [-0.25, -0.2) is 8.42 Å². The monoisotopic (exact) mass is 521 g/mol. The fourth-order valence-corrected chi connectivity index (χ4v) is 4.72. The molecule has 0 heterocycles. The van der Waals surface area contributed by atoms with E-state index in [9.17, 15) is 18.0 Å². The van der Waals surface area contributed by atoms with Crippen LogP contribution in [0.1, 0.15) is 44.7 Å². The predicted octanol–water partition coefficient (Wildman–Crippen LogP) is 4.38. The summed E-state index contributed by atoms with van der Waals surface area (Å²) in [5.74, 6) is -0.200. The van der Waals surface area contributed by atoms with E-state index < -0.39 is 16.1 Å². The van der Waals surface area contributed by atoms with Gasteiger partial charge in [0.1, 0.15) is 6.04 Å². The summed E-state index contributed by atoms with van der Waals surface area (Å²) in [4.78, 5) is 27.6. The lowest BCUT2D eigenvalue weighted by atomic mass is 10.1. The van der Waals surface area contributed by atoms with Crippen LogP contribution in [0.25, 0.3) is 0 Å². The molecule has 9 heteroatoms. The van der Waals surface area contributed by atoms with E-state index >= 15 is 0 Å². The number of hydrogen-bond donors (Lipinski definition) is 1. The van der Waals surface area contributed by atoms with Gasteiger partial charge in [-0.05, 0) is 49.9 Å². The number of carbonyl (C=O) groups is 2. The van der Waals surface area contributed by atoms with Gasteiger partial charge in [-0.15, -0.1) is 0 Å². The lowest BCUT2D eigenvalue weighted by Gasteiger charge is -2.30. The molecular weight excluding hydrogens is 486 g/mol. The quantitative estimate of drug-likeness (QED) is 0.449. The molecule has 35 heavy (non-hydrogen) atoms. The first-order valence-corrected chi connectivity index (χ1v) is 14.0. The first-order chi connectivity index (χ1) is 16.4. The first kappa shape index (κ1) is 28.7. The van der Waals surface area contributed by atoms with Crippen molar-refractivity contribution in [1.82, 2.24) is 10.2 Å². The molecular formula is C26H36ClN3O4S. The van der Waals surface area contributed by atoms with Crippen LogP contribution in [0.15, 0.2) is 48.5 Å². The number of benzene rings is 2. The van der Waals surface area contributed by atoms with Crippen LogP contribution in [-0.2, 0) is 26.2 Å². The van der Waals surface area contributed by atoms with E-state index in [0.717, 1.165) is 17.4 Å². The third-order valence-corrected chi connectivity index (χ3v) is 7.19. The Labute approximate surface area is 214 Å². The lowest BCUT2D eigenvalue weighted by Crippen LogP contribution is -2.48. The number of halogens is 1. The van der Waals surface area contributed by atoms with Gasteiger partial charge in [0.25, 0.3) is 0 Å². The number of rotatable bonds is 12. The SMILES string of the molecule is Cc1ccc(N(CCCC(=O)N(Cc2ccccc2Cl)[C@H](C)C(=O)NCC(C)C)S(C)(=O)=O)cc1. The van der Waals surface area contributed by atoms with Crippen LogP contribution in [0.2, 0.25) is 5.02 Å². The zero-order chi connectivity index (χ0) is 26.2. The summed E-state index contributed by atoms with van der Waals surface area (Å²) >= 11 is 6.32. The van der Waals surface area contributed by atoms with E-state index in [-0.39, 0.29) is 37.2 Å². The molecule has 192 valence electrons. The van der Waals surface area contributed by atoms with E-state index in [1.807, 2.05) is 51.1 Å². The largest absolute Gasteiger partial charge is 0.354 e. The maximum Gasteiger partial charge on any atom is 0.242 e. The molecule has 0 spiro atoms. The van der Waals surface area contributed by atoms with E-state index in [1.54, 1.807) is 25.1 Å². The summed E-state index contributed by atoms with van der Waals surface area (Å²) in [5, 5.41) is 3.40. The molecule has 0 saturated heterocycles. The maximum absolute atomic E-state index is 13.3. The first-order valence-electron chi connectivity index (χ1n) is 11.7. The van der Waals surface area contributed by atoms with Crippen LogP contribution in [0, 0.1) is 12.8 Å². The highest BCUT2D eigenvalue weighted by atomic mass is 35.5.